The summed E-state index contributed by atoms with van der Waals surface area (Å²) in [6.45, 7) is 1.02. The van der Waals surface area contributed by atoms with E-state index in [4.69, 9.17) is 19.4 Å². The van der Waals surface area contributed by atoms with E-state index in [-0.39, 0.29) is 23.2 Å². The van der Waals surface area contributed by atoms with Crippen molar-refractivity contribution in [1.82, 2.24) is 10.2 Å². The van der Waals surface area contributed by atoms with Gasteiger partial charge in [-0.1, -0.05) is 18.6 Å². The zero-order valence-corrected chi connectivity index (χ0v) is 24.2. The first kappa shape index (κ1) is 33.2. The van der Waals surface area contributed by atoms with Gasteiger partial charge < -0.3 is 25.2 Å². The fraction of sp³-hybridized carbons (Fsp3) is 0.533. The van der Waals surface area contributed by atoms with Gasteiger partial charge in [0.1, 0.15) is 0 Å². The number of nitrogens with zero attached hydrogens (tertiary/aromatic N) is 1. The average molecular weight is 632 g/mol. The average Bonchev–Trinajstić information content (AvgIpc) is 3.30. The zero-order chi connectivity index (χ0) is 32.3. The van der Waals surface area contributed by atoms with Crippen LogP contribution in [-0.2, 0) is 16.4 Å². The maximum Gasteiger partial charge on any atom is 0.490 e. The molecule has 0 radical (unpaired) electrons. The van der Waals surface area contributed by atoms with E-state index in [0.29, 0.717) is 11.8 Å². The minimum atomic E-state index is -5.08. The number of benzene rings is 2. The molecule has 14 heteroatoms. The van der Waals surface area contributed by atoms with Gasteiger partial charge in [0.25, 0.3) is 0 Å². The molecule has 1 saturated heterocycles. The molecule has 1 heterocycles. The number of carboxylic acid groups (broad SMARTS) is 1. The van der Waals surface area contributed by atoms with Crippen LogP contribution in [0.1, 0.15) is 56.1 Å². The molecule has 2 saturated carbocycles. The molecule has 3 fully saturated rings. The third kappa shape index (κ3) is 7.33. The number of urea groups is 1. The number of alkyl halides is 6. The first-order chi connectivity index (χ1) is 20.7. The lowest BCUT2D eigenvalue weighted by atomic mass is 9.64. The van der Waals surface area contributed by atoms with Gasteiger partial charge >= 0.3 is 24.4 Å². The van der Waals surface area contributed by atoms with Gasteiger partial charge in [0, 0.05) is 29.2 Å². The normalized spacial score (nSPS) is 23.8. The Balaban J connectivity index is 0.000000566. The van der Waals surface area contributed by atoms with Crippen LogP contribution in [0.15, 0.2) is 42.5 Å². The molecule has 5 rings (SSSR count). The Morgan fingerprint density at radius 3 is 2.20 bits per heavy atom. The van der Waals surface area contributed by atoms with Crippen molar-refractivity contribution in [1.29, 1.82) is 0 Å². The van der Waals surface area contributed by atoms with Crippen molar-refractivity contribution in [3.8, 4) is 11.5 Å². The second-order valence-electron chi connectivity index (χ2n) is 11.3. The van der Waals surface area contributed by atoms with Crippen LogP contribution in [0.4, 0.5) is 36.8 Å². The summed E-state index contributed by atoms with van der Waals surface area (Å²) in [6, 6.07) is 11.2. The first-order valence-corrected chi connectivity index (χ1v) is 14.2. The number of aliphatic carboxylic acids is 1. The van der Waals surface area contributed by atoms with Gasteiger partial charge in [-0.15, -0.1) is 0 Å². The minimum absolute atomic E-state index is 0.0369. The van der Waals surface area contributed by atoms with Crippen LogP contribution < -0.4 is 20.1 Å². The third-order valence-corrected chi connectivity index (χ3v) is 8.83. The maximum absolute atomic E-state index is 13.1. The molecule has 2 aliphatic carbocycles. The van der Waals surface area contributed by atoms with Crippen molar-refractivity contribution < 1.29 is 50.5 Å². The summed E-state index contributed by atoms with van der Waals surface area (Å²) in [5.74, 6) is -1.34. The Bertz CT molecular complexity index is 1330. The summed E-state index contributed by atoms with van der Waals surface area (Å²) in [5.41, 5.74) is 0.540. The molecule has 3 atom stereocenters. The summed E-state index contributed by atoms with van der Waals surface area (Å²) < 4.78 is 82.0. The molecule has 8 nitrogen and oxygen atoms in total. The van der Waals surface area contributed by atoms with Crippen molar-refractivity contribution >= 4 is 17.7 Å². The Kier molecular flexibility index (Phi) is 9.91. The quantitative estimate of drug-likeness (QED) is 0.311. The number of hydrogen-bond acceptors (Lipinski definition) is 5. The number of nitrogens with one attached hydrogen (secondary N) is 2. The Morgan fingerprint density at radius 1 is 0.955 bits per heavy atom. The number of likely N-dealkylation sites (tertiary alicyclic amines) is 1. The number of ether oxygens (including phenoxy) is 2. The number of hydrogen-bond donors (Lipinski definition) is 3. The lowest BCUT2D eigenvalue weighted by Gasteiger charge is -2.48. The monoisotopic (exact) mass is 631 g/mol. The smallest absolute Gasteiger partial charge is 0.490 e. The number of fused-ring (bicyclic) bond motifs is 1. The van der Waals surface area contributed by atoms with E-state index >= 15 is 0 Å². The molecule has 0 spiro atoms. The summed E-state index contributed by atoms with van der Waals surface area (Å²) in [4.78, 5) is 24.3. The van der Waals surface area contributed by atoms with Crippen LogP contribution in [-0.4, -0.2) is 67.1 Å². The molecular formula is C30H35F6N3O5. The maximum atomic E-state index is 13.1. The van der Waals surface area contributed by atoms with Crippen molar-refractivity contribution in [3.05, 3.63) is 53.6 Å². The predicted octanol–water partition coefficient (Wildman–Crippen LogP) is 6.59. The number of rotatable bonds is 6. The van der Waals surface area contributed by atoms with Gasteiger partial charge in [-0.25, -0.2) is 9.59 Å². The molecule has 3 N–H and O–H groups in total. The van der Waals surface area contributed by atoms with Gasteiger partial charge in [-0.3, -0.25) is 4.90 Å². The largest absolute Gasteiger partial charge is 0.493 e. The SMILES string of the molecule is COc1ccc(C23CCC(NC(=O)Nc4cccc(C(F)(F)F)c4)CC2N(C2CCC2)CC3)cc1OC.O=C(O)C(F)(F)F. The van der Waals surface area contributed by atoms with E-state index in [1.54, 1.807) is 14.2 Å². The predicted molar refractivity (Wildman–Crippen MR) is 149 cm³/mol. The molecule has 1 aliphatic heterocycles. The molecule has 0 bridgehead atoms. The number of amides is 2. The van der Waals surface area contributed by atoms with Crippen LogP contribution in [0, 0.1) is 0 Å². The van der Waals surface area contributed by atoms with Gasteiger partial charge in [0.05, 0.1) is 19.8 Å². The number of carbonyl (C=O) groups is 2. The van der Waals surface area contributed by atoms with Crippen LogP contribution in [0.5, 0.6) is 11.5 Å². The highest BCUT2D eigenvalue weighted by molar-refractivity contribution is 5.89. The van der Waals surface area contributed by atoms with E-state index in [9.17, 15) is 31.1 Å². The standard InChI is InChI=1S/C28H34F3N3O3.C2HF3O2/c1-36-23-10-9-18(16-24(23)37-2)27-12-11-21(17-25(27)34(14-13-27)22-7-4-8-22)33-26(35)32-20-6-3-5-19(15-20)28(29,30)31;3-2(4,5)1(6)7/h3,5-6,9-10,15-16,21-22,25H,4,7-8,11-14,17H2,1-2H3,(H2,32,33,35);(H,6,7). The molecule has 3 unspecified atom stereocenters. The molecule has 2 aromatic carbocycles. The molecule has 2 amide bonds. The van der Waals surface area contributed by atoms with Crippen LogP contribution >= 0.6 is 0 Å². The second-order valence-corrected chi connectivity index (χ2v) is 11.3. The van der Waals surface area contributed by atoms with Crippen molar-refractivity contribution in [2.24, 2.45) is 0 Å². The summed E-state index contributed by atoms with van der Waals surface area (Å²) >= 11 is 0. The van der Waals surface area contributed by atoms with E-state index in [1.807, 2.05) is 6.07 Å². The van der Waals surface area contributed by atoms with Crippen LogP contribution in [0.25, 0.3) is 0 Å². The number of halogens is 6. The number of carboxylic acids is 1. The summed E-state index contributed by atoms with van der Waals surface area (Å²) in [7, 11) is 3.28. The highest BCUT2D eigenvalue weighted by Crippen LogP contribution is 2.52. The second kappa shape index (κ2) is 13.1. The van der Waals surface area contributed by atoms with Crippen molar-refractivity contribution in [3.63, 3.8) is 0 Å². The lowest BCUT2D eigenvalue weighted by Crippen LogP contribution is -2.55. The summed E-state index contributed by atoms with van der Waals surface area (Å²) in [6.07, 6.45) is -2.35. The summed E-state index contributed by atoms with van der Waals surface area (Å²) in [5, 5.41) is 12.8. The molecule has 2 aromatic rings. The molecule has 44 heavy (non-hydrogen) atoms. The fourth-order valence-electron chi connectivity index (χ4n) is 6.48. The third-order valence-electron chi connectivity index (χ3n) is 8.83. The van der Waals surface area contributed by atoms with Crippen LogP contribution in [0.3, 0.4) is 0 Å². The van der Waals surface area contributed by atoms with Gasteiger partial charge in [-0.2, -0.15) is 26.3 Å². The first-order valence-electron chi connectivity index (χ1n) is 14.2. The molecule has 242 valence electrons. The highest BCUT2D eigenvalue weighted by atomic mass is 19.4. The Morgan fingerprint density at radius 2 is 1.64 bits per heavy atom. The topological polar surface area (TPSA) is 100 Å². The minimum Gasteiger partial charge on any atom is -0.493 e. The van der Waals surface area contributed by atoms with Crippen molar-refractivity contribution in [2.45, 2.75) is 80.8 Å². The number of carbonyl (C=O) groups excluding carboxylic acids is 1. The molecule has 3 aliphatic rings. The zero-order valence-electron chi connectivity index (χ0n) is 24.2. The Hall–Kier alpha value is -3.68. The fourth-order valence-corrected chi connectivity index (χ4v) is 6.48. The van der Waals surface area contributed by atoms with E-state index in [2.05, 4.69) is 27.7 Å². The van der Waals surface area contributed by atoms with Crippen molar-refractivity contribution in [2.75, 3.05) is 26.1 Å². The van der Waals surface area contributed by atoms with E-state index < -0.39 is 29.9 Å². The van der Waals surface area contributed by atoms with E-state index in [0.717, 1.165) is 50.1 Å². The van der Waals surface area contributed by atoms with Gasteiger partial charge in [-0.05, 0) is 81.0 Å². The Labute approximate surface area is 250 Å². The number of anilines is 1. The molecular weight excluding hydrogens is 596 g/mol. The van der Waals surface area contributed by atoms with Gasteiger partial charge in [0.2, 0.25) is 0 Å². The molecule has 0 aromatic heterocycles. The lowest BCUT2D eigenvalue weighted by molar-refractivity contribution is -0.192. The van der Waals surface area contributed by atoms with Crippen LogP contribution in [0.2, 0.25) is 0 Å². The number of methoxy groups -OCH3 is 2. The van der Waals surface area contributed by atoms with E-state index in [1.165, 1.54) is 37.0 Å². The highest BCUT2D eigenvalue weighted by Gasteiger charge is 2.53. The van der Waals surface area contributed by atoms with Gasteiger partial charge in [0.15, 0.2) is 11.5 Å².